The Balaban J connectivity index is 2.45. The van der Waals surface area contributed by atoms with Crippen LogP contribution in [-0.2, 0) is 12.5 Å². The summed E-state index contributed by atoms with van der Waals surface area (Å²) in [6.07, 6.45) is 2.95. The maximum absolute atomic E-state index is 10.5. The first kappa shape index (κ1) is 12.8. The highest BCUT2D eigenvalue weighted by atomic mass is 16.3. The molecule has 0 saturated heterocycles. The van der Waals surface area contributed by atoms with Gasteiger partial charge < -0.3 is 5.11 Å². The molecule has 96 valence electrons. The summed E-state index contributed by atoms with van der Waals surface area (Å²) >= 11 is 0. The quantitative estimate of drug-likeness (QED) is 0.882. The largest absolute Gasteiger partial charge is 0.384 e. The van der Waals surface area contributed by atoms with Crippen molar-refractivity contribution in [2.75, 3.05) is 0 Å². The highest BCUT2D eigenvalue weighted by Gasteiger charge is 2.22. The van der Waals surface area contributed by atoms with E-state index in [0.29, 0.717) is 0 Å². The zero-order chi connectivity index (χ0) is 13.3. The van der Waals surface area contributed by atoms with Gasteiger partial charge in [0.1, 0.15) is 6.10 Å². The molecule has 1 heterocycles. The van der Waals surface area contributed by atoms with E-state index in [1.807, 2.05) is 31.4 Å². The molecule has 0 fully saturated rings. The van der Waals surface area contributed by atoms with Gasteiger partial charge in [0.05, 0.1) is 6.20 Å². The van der Waals surface area contributed by atoms with Gasteiger partial charge in [-0.1, -0.05) is 45.0 Å². The van der Waals surface area contributed by atoms with E-state index in [9.17, 15) is 5.11 Å². The number of benzene rings is 1. The van der Waals surface area contributed by atoms with E-state index in [2.05, 4.69) is 31.9 Å². The van der Waals surface area contributed by atoms with Gasteiger partial charge in [0.2, 0.25) is 0 Å². The van der Waals surface area contributed by atoms with Crippen molar-refractivity contribution in [3.8, 4) is 0 Å². The van der Waals surface area contributed by atoms with Gasteiger partial charge >= 0.3 is 0 Å². The van der Waals surface area contributed by atoms with Crippen molar-refractivity contribution in [3.63, 3.8) is 0 Å². The van der Waals surface area contributed by atoms with Gasteiger partial charge in [0, 0.05) is 18.8 Å². The second-order valence-corrected chi connectivity index (χ2v) is 5.69. The number of aryl methyl sites for hydroxylation is 1. The van der Waals surface area contributed by atoms with E-state index < -0.39 is 6.10 Å². The normalized spacial score (nSPS) is 13.6. The van der Waals surface area contributed by atoms with Crippen LogP contribution in [0.3, 0.4) is 0 Å². The van der Waals surface area contributed by atoms with Crippen LogP contribution in [0.25, 0.3) is 0 Å². The highest BCUT2D eigenvalue weighted by Crippen LogP contribution is 2.32. The number of hydrogen-bond donors (Lipinski definition) is 1. The Morgan fingerprint density at radius 1 is 1.22 bits per heavy atom. The Kier molecular flexibility index (Phi) is 3.26. The lowest BCUT2D eigenvalue weighted by atomic mass is 9.81. The molecule has 1 unspecified atom stereocenters. The Bertz CT molecular complexity index is 537. The summed E-state index contributed by atoms with van der Waals surface area (Å²) in [7, 11) is 1.85. The first-order chi connectivity index (χ1) is 8.39. The molecule has 1 N–H and O–H groups in total. The highest BCUT2D eigenvalue weighted by molar-refractivity contribution is 5.38. The number of aromatic nitrogens is 2. The number of rotatable bonds is 2. The predicted octanol–water partition coefficient (Wildman–Crippen LogP) is 2.80. The van der Waals surface area contributed by atoms with Crippen LogP contribution < -0.4 is 0 Å². The fourth-order valence-electron chi connectivity index (χ4n) is 2.18. The molecule has 3 heteroatoms. The molecule has 0 aliphatic carbocycles. The van der Waals surface area contributed by atoms with Gasteiger partial charge in [-0.15, -0.1) is 0 Å². The minimum Gasteiger partial charge on any atom is -0.384 e. The summed E-state index contributed by atoms with van der Waals surface area (Å²) in [6, 6.07) is 8.04. The van der Waals surface area contributed by atoms with Gasteiger partial charge in [-0.2, -0.15) is 5.10 Å². The van der Waals surface area contributed by atoms with Crippen molar-refractivity contribution in [2.24, 2.45) is 7.05 Å². The standard InChI is InChI=1S/C15H20N2O/c1-15(2,3)13-8-6-5-7-12(13)14(18)11-9-16-17(4)10-11/h5-10,14,18H,1-4H3. The fraction of sp³-hybridized carbons (Fsp3) is 0.400. The summed E-state index contributed by atoms with van der Waals surface area (Å²) in [4.78, 5) is 0. The lowest BCUT2D eigenvalue weighted by molar-refractivity contribution is 0.217. The second-order valence-electron chi connectivity index (χ2n) is 5.69. The average Bonchev–Trinajstić information content (AvgIpc) is 2.74. The average molecular weight is 244 g/mol. The molecule has 2 rings (SSSR count). The zero-order valence-electron chi connectivity index (χ0n) is 11.4. The molecule has 0 saturated carbocycles. The van der Waals surface area contributed by atoms with Crippen molar-refractivity contribution in [1.82, 2.24) is 9.78 Å². The van der Waals surface area contributed by atoms with Crippen LogP contribution in [-0.4, -0.2) is 14.9 Å². The molecular formula is C15H20N2O. The molecular weight excluding hydrogens is 224 g/mol. The zero-order valence-corrected chi connectivity index (χ0v) is 11.4. The molecule has 3 nitrogen and oxygen atoms in total. The van der Waals surface area contributed by atoms with Gasteiger partial charge in [-0.05, 0) is 16.5 Å². The van der Waals surface area contributed by atoms with Crippen LogP contribution in [0.5, 0.6) is 0 Å². The first-order valence-electron chi connectivity index (χ1n) is 6.15. The van der Waals surface area contributed by atoms with E-state index in [4.69, 9.17) is 0 Å². The molecule has 0 aliphatic rings. The monoisotopic (exact) mass is 244 g/mol. The summed E-state index contributed by atoms with van der Waals surface area (Å²) in [5.41, 5.74) is 2.97. The first-order valence-corrected chi connectivity index (χ1v) is 6.15. The Labute approximate surface area is 108 Å². The molecule has 1 atom stereocenters. The van der Waals surface area contributed by atoms with E-state index in [0.717, 1.165) is 11.1 Å². The topological polar surface area (TPSA) is 38.0 Å². The van der Waals surface area contributed by atoms with Crippen LogP contribution in [0.1, 0.15) is 43.6 Å². The van der Waals surface area contributed by atoms with Crippen molar-refractivity contribution in [3.05, 3.63) is 53.3 Å². The van der Waals surface area contributed by atoms with E-state index in [1.54, 1.807) is 10.9 Å². The predicted molar refractivity (Wildman–Crippen MR) is 72.4 cm³/mol. The Morgan fingerprint density at radius 3 is 2.44 bits per heavy atom. The summed E-state index contributed by atoms with van der Waals surface area (Å²) < 4.78 is 1.71. The lowest BCUT2D eigenvalue weighted by Gasteiger charge is -2.24. The molecule has 0 bridgehead atoms. The van der Waals surface area contributed by atoms with E-state index >= 15 is 0 Å². The third-order valence-corrected chi connectivity index (χ3v) is 3.10. The third-order valence-electron chi connectivity index (χ3n) is 3.10. The van der Waals surface area contributed by atoms with Crippen LogP contribution in [0.2, 0.25) is 0 Å². The fourth-order valence-corrected chi connectivity index (χ4v) is 2.18. The molecule has 2 aromatic rings. The SMILES string of the molecule is Cn1cc(C(O)c2ccccc2C(C)(C)C)cn1. The molecule has 0 spiro atoms. The van der Waals surface area contributed by atoms with Gasteiger partial charge in [-0.3, -0.25) is 4.68 Å². The number of aliphatic hydroxyl groups is 1. The Hall–Kier alpha value is -1.61. The van der Waals surface area contributed by atoms with Crippen LogP contribution in [0.4, 0.5) is 0 Å². The summed E-state index contributed by atoms with van der Waals surface area (Å²) in [5, 5.41) is 14.6. The maximum Gasteiger partial charge on any atom is 0.107 e. The number of hydrogen-bond acceptors (Lipinski definition) is 2. The van der Waals surface area contributed by atoms with Crippen molar-refractivity contribution < 1.29 is 5.11 Å². The van der Waals surface area contributed by atoms with Crippen LogP contribution in [0.15, 0.2) is 36.7 Å². The number of aliphatic hydroxyl groups excluding tert-OH is 1. The van der Waals surface area contributed by atoms with Crippen molar-refractivity contribution in [1.29, 1.82) is 0 Å². The van der Waals surface area contributed by atoms with Gasteiger partial charge in [0.15, 0.2) is 0 Å². The smallest absolute Gasteiger partial charge is 0.107 e. The minimum atomic E-state index is -0.617. The second kappa shape index (κ2) is 4.58. The van der Waals surface area contributed by atoms with E-state index in [1.165, 1.54) is 5.56 Å². The minimum absolute atomic E-state index is 0.0137. The molecule has 0 amide bonds. The summed E-state index contributed by atoms with van der Waals surface area (Å²) in [5.74, 6) is 0. The van der Waals surface area contributed by atoms with Crippen LogP contribution >= 0.6 is 0 Å². The van der Waals surface area contributed by atoms with Crippen molar-refractivity contribution >= 4 is 0 Å². The molecule has 0 radical (unpaired) electrons. The molecule has 1 aromatic heterocycles. The van der Waals surface area contributed by atoms with Gasteiger partial charge in [0.25, 0.3) is 0 Å². The molecule has 1 aromatic carbocycles. The van der Waals surface area contributed by atoms with Crippen molar-refractivity contribution in [2.45, 2.75) is 32.3 Å². The Morgan fingerprint density at radius 2 is 1.89 bits per heavy atom. The summed E-state index contributed by atoms with van der Waals surface area (Å²) in [6.45, 7) is 6.46. The van der Waals surface area contributed by atoms with Gasteiger partial charge in [-0.25, -0.2) is 0 Å². The molecule has 0 aliphatic heterocycles. The van der Waals surface area contributed by atoms with Crippen LogP contribution in [0, 0.1) is 0 Å². The molecule has 18 heavy (non-hydrogen) atoms. The lowest BCUT2D eigenvalue weighted by Crippen LogP contribution is -2.16. The number of nitrogens with zero attached hydrogens (tertiary/aromatic N) is 2. The van der Waals surface area contributed by atoms with E-state index in [-0.39, 0.29) is 5.41 Å². The third kappa shape index (κ3) is 2.46. The maximum atomic E-state index is 10.5.